The van der Waals surface area contributed by atoms with Crippen LogP contribution in [0.5, 0.6) is 0 Å². The number of unbranched alkanes of at least 4 members (excludes halogenated alkanes) is 1. The highest BCUT2D eigenvalue weighted by Gasteiger charge is 2.35. The van der Waals surface area contributed by atoms with E-state index in [1.54, 1.807) is 43.9 Å². The van der Waals surface area contributed by atoms with Crippen molar-refractivity contribution in [2.45, 2.75) is 141 Å². The van der Waals surface area contributed by atoms with E-state index in [0.717, 1.165) is 49.9 Å². The first-order valence-electron chi connectivity index (χ1n) is 18.6. The molecule has 0 aliphatic heterocycles. The molecule has 0 saturated heterocycles. The zero-order valence-corrected chi connectivity index (χ0v) is 34.5. The highest BCUT2D eigenvalue weighted by Crippen LogP contribution is 2.42. The highest BCUT2D eigenvalue weighted by atomic mass is 19.1. The number of hydrogen-bond donors (Lipinski definition) is 1. The van der Waals surface area contributed by atoms with Gasteiger partial charge in [-0.05, 0) is 108 Å². The summed E-state index contributed by atoms with van der Waals surface area (Å²) in [6, 6.07) is 6.71. The molecule has 52 heavy (non-hydrogen) atoms. The second-order valence-electron chi connectivity index (χ2n) is 13.8. The Bertz CT molecular complexity index is 1470. The zero-order valence-electron chi connectivity index (χ0n) is 34.5. The average molecular weight is 724 g/mol. The number of aliphatic hydroxyl groups is 1. The zero-order chi connectivity index (χ0) is 40.7. The molecule has 1 saturated carbocycles. The van der Waals surface area contributed by atoms with E-state index in [0.29, 0.717) is 17.9 Å². The van der Waals surface area contributed by atoms with Crippen LogP contribution in [0.3, 0.4) is 0 Å². The van der Waals surface area contributed by atoms with Gasteiger partial charge in [-0.15, -0.1) is 0 Å². The van der Waals surface area contributed by atoms with Gasteiger partial charge in [-0.25, -0.2) is 13.8 Å². The van der Waals surface area contributed by atoms with Crippen molar-refractivity contribution in [3.05, 3.63) is 76.8 Å². The number of hydrogen-bond acceptors (Lipinski definition) is 6. The molecule has 0 heterocycles. The summed E-state index contributed by atoms with van der Waals surface area (Å²) in [5.41, 5.74) is 1.14. The van der Waals surface area contributed by atoms with Gasteiger partial charge in [0.05, 0.1) is 22.8 Å². The lowest BCUT2D eigenvalue weighted by Crippen LogP contribution is -2.41. The summed E-state index contributed by atoms with van der Waals surface area (Å²) in [4.78, 5) is 21.0. The molecule has 1 N–H and O–H groups in total. The molecule has 1 unspecified atom stereocenters. The van der Waals surface area contributed by atoms with Crippen molar-refractivity contribution < 1.29 is 18.7 Å². The van der Waals surface area contributed by atoms with Crippen LogP contribution in [0.1, 0.15) is 139 Å². The number of carbonyl (C=O) groups is 1. The van der Waals surface area contributed by atoms with E-state index >= 15 is 0 Å². The van der Waals surface area contributed by atoms with Gasteiger partial charge < -0.3 is 10.0 Å². The molecule has 1 aliphatic carbocycles. The van der Waals surface area contributed by atoms with Gasteiger partial charge in [0, 0.05) is 38.1 Å². The second-order valence-corrected chi connectivity index (χ2v) is 13.8. The molecule has 9 heteroatoms. The van der Waals surface area contributed by atoms with Crippen molar-refractivity contribution in [2.24, 2.45) is 16.3 Å². The normalized spacial score (nSPS) is 17.6. The Morgan fingerprint density at radius 1 is 1.17 bits per heavy atom. The van der Waals surface area contributed by atoms with Crippen molar-refractivity contribution in [3.63, 3.8) is 0 Å². The molecule has 1 aliphatic rings. The number of anilines is 1. The van der Waals surface area contributed by atoms with Crippen LogP contribution in [0, 0.1) is 46.7 Å². The van der Waals surface area contributed by atoms with Crippen LogP contribution in [0.25, 0.3) is 0 Å². The number of benzene rings is 1. The number of halogens is 2. The van der Waals surface area contributed by atoms with E-state index in [1.165, 1.54) is 39.0 Å². The third-order valence-electron chi connectivity index (χ3n) is 8.64. The van der Waals surface area contributed by atoms with Gasteiger partial charge in [-0.1, -0.05) is 73.5 Å². The summed E-state index contributed by atoms with van der Waals surface area (Å²) in [7, 11) is 0. The van der Waals surface area contributed by atoms with Crippen LogP contribution in [-0.4, -0.2) is 40.8 Å². The average Bonchev–Trinajstić information content (AvgIpc) is 3.10. The molecule has 2 atom stereocenters. The van der Waals surface area contributed by atoms with E-state index in [-0.39, 0.29) is 28.4 Å². The number of nitrogens with zero attached hydrogens (tertiary/aromatic N) is 5. The Morgan fingerprint density at radius 3 is 2.19 bits per heavy atom. The number of amides is 1. The molecule has 1 fully saturated rings. The Morgan fingerprint density at radius 2 is 1.77 bits per heavy atom. The lowest BCUT2D eigenvalue weighted by atomic mass is 9.70. The first kappa shape index (κ1) is 50.0. The number of carbonyl (C=O) groups excluding carboxylic acids is 1. The molecule has 290 valence electrons. The maximum absolute atomic E-state index is 14.2. The maximum Gasteiger partial charge on any atom is 0.225 e. The molecule has 0 aromatic heterocycles. The predicted octanol–water partition coefficient (Wildman–Crippen LogP) is 11.6. The summed E-state index contributed by atoms with van der Waals surface area (Å²) in [6.45, 7) is 29.1. The van der Waals surface area contributed by atoms with Crippen LogP contribution < -0.4 is 4.90 Å². The van der Waals surface area contributed by atoms with Crippen LogP contribution in [-0.2, 0) is 4.79 Å². The molecular formula is C43H67F2N5O2. The summed E-state index contributed by atoms with van der Waals surface area (Å²) in [6.07, 6.45) is 14.9. The van der Waals surface area contributed by atoms with Crippen molar-refractivity contribution in [1.82, 2.24) is 4.90 Å². The first-order chi connectivity index (χ1) is 24.3. The topological polar surface area (TPSA) is 104 Å². The molecule has 1 amide bonds. The third-order valence-corrected chi connectivity index (χ3v) is 8.64. The first-order valence-corrected chi connectivity index (χ1v) is 18.6. The van der Waals surface area contributed by atoms with Gasteiger partial charge in [-0.2, -0.15) is 10.5 Å². The van der Waals surface area contributed by atoms with Crippen LogP contribution >= 0.6 is 0 Å². The lowest BCUT2D eigenvalue weighted by molar-refractivity contribution is -0.127. The monoisotopic (exact) mass is 724 g/mol. The summed E-state index contributed by atoms with van der Waals surface area (Å²) >= 11 is 0. The summed E-state index contributed by atoms with van der Waals surface area (Å²) in [5, 5.41) is 27.5. The molecule has 0 bridgehead atoms. The van der Waals surface area contributed by atoms with Crippen LogP contribution in [0.15, 0.2) is 64.9 Å². The third kappa shape index (κ3) is 18.4. The Balaban J connectivity index is 0. The molecule has 1 aromatic rings. The Kier molecular flexibility index (Phi) is 24.8. The predicted molar refractivity (Wildman–Crippen MR) is 215 cm³/mol. The lowest BCUT2D eigenvalue weighted by Gasteiger charge is -2.42. The number of aliphatic imine (C=N–C) groups is 1. The van der Waals surface area contributed by atoms with Gasteiger partial charge in [0.15, 0.2) is 0 Å². The van der Waals surface area contributed by atoms with Gasteiger partial charge >= 0.3 is 0 Å². The smallest absolute Gasteiger partial charge is 0.225 e. The fourth-order valence-corrected chi connectivity index (χ4v) is 5.26. The summed E-state index contributed by atoms with van der Waals surface area (Å²) in [5.74, 6) is -0.169. The number of allylic oxidation sites excluding steroid dienone is 4. The van der Waals surface area contributed by atoms with E-state index in [1.807, 2.05) is 40.0 Å². The molecular weight excluding hydrogens is 657 g/mol. The molecule has 2 rings (SSSR count). The number of aryl methyl sites for hydroxylation is 1. The minimum Gasteiger partial charge on any atom is -0.386 e. The number of rotatable bonds is 12. The van der Waals surface area contributed by atoms with Crippen molar-refractivity contribution in [2.75, 3.05) is 18.0 Å². The maximum atomic E-state index is 14.2. The van der Waals surface area contributed by atoms with Crippen molar-refractivity contribution in [3.8, 4) is 12.1 Å². The van der Waals surface area contributed by atoms with E-state index < -0.39 is 17.2 Å². The van der Waals surface area contributed by atoms with Crippen molar-refractivity contribution in [1.29, 1.82) is 10.5 Å². The fraction of sp³-hybridized carbons (Fsp3) is 0.581. The quantitative estimate of drug-likeness (QED) is 0.171. The Labute approximate surface area is 315 Å². The second kappa shape index (κ2) is 25.8. The van der Waals surface area contributed by atoms with E-state index in [4.69, 9.17) is 5.26 Å². The van der Waals surface area contributed by atoms with Gasteiger partial charge in [-0.3, -0.25) is 9.69 Å². The molecule has 0 spiro atoms. The van der Waals surface area contributed by atoms with Crippen LogP contribution in [0.4, 0.5) is 14.5 Å². The van der Waals surface area contributed by atoms with Gasteiger partial charge in [0.2, 0.25) is 5.91 Å². The Hall–Kier alpha value is -4.08. The molecule has 7 nitrogen and oxygen atoms in total. The molecule has 0 radical (unpaired) electrons. The largest absolute Gasteiger partial charge is 0.386 e. The minimum atomic E-state index is -1.09. The van der Waals surface area contributed by atoms with Crippen molar-refractivity contribution >= 4 is 17.8 Å². The minimum absolute atomic E-state index is 0.0426. The van der Waals surface area contributed by atoms with Crippen LogP contribution in [0.2, 0.25) is 0 Å². The van der Waals surface area contributed by atoms with E-state index in [2.05, 4.69) is 50.2 Å². The number of nitriles is 2. The van der Waals surface area contributed by atoms with E-state index in [9.17, 15) is 23.9 Å². The fourth-order valence-electron chi connectivity index (χ4n) is 5.26. The standard InChI is InChI=1S/C32H45FN4O2.C5H6FN.C4H10.C2H6/c1-9-11-15-36(29-17-27(19-34)28(33)16-23(29)3)22-32(8)14-12-13-26(18-32)21-37(25(5)38)30(10-2)35-20-24(4)31(6,7)39;1-4(3-7)5(2)6;1-3-4-2;1-2/h10-11,15-17,20,26,39H,4,9,12-14,18,21-22H2,1-3,5-8H3;1-2H3;3-4H2,1-2H3;1-2H3/b15-11-,30-10+,35-20-;5-4-;;/t26?,32-;;;/m0.../s1. The van der Waals surface area contributed by atoms with Gasteiger partial charge in [0.25, 0.3) is 0 Å². The SMILES string of the molecule is C/C(F)=C(\C)C#N.C=C(/C=N\C(=C/C)N(CC1CCC[C@](C)(CN(/C=C\CC)c2cc(C#N)c(F)cc2C)C1)C(C)=O)C(C)(C)O.CC.CCCC. The summed E-state index contributed by atoms with van der Waals surface area (Å²) < 4.78 is 26.0. The van der Waals surface area contributed by atoms with Gasteiger partial charge in [0.1, 0.15) is 23.5 Å². The molecule has 1 aromatic carbocycles. The highest BCUT2D eigenvalue weighted by molar-refractivity contribution is 5.82.